The van der Waals surface area contributed by atoms with Crippen molar-refractivity contribution in [3.8, 4) is 11.1 Å². The van der Waals surface area contributed by atoms with Crippen molar-refractivity contribution < 1.29 is 27.9 Å². The second-order valence-corrected chi connectivity index (χ2v) is 13.6. The lowest BCUT2D eigenvalue weighted by atomic mass is 9.93. The van der Waals surface area contributed by atoms with Gasteiger partial charge >= 0.3 is 5.97 Å². The molecule has 2 N–H and O–H groups in total. The Morgan fingerprint density at radius 1 is 0.857 bits per heavy atom. The molecule has 0 saturated carbocycles. The molecule has 1 amide bonds. The number of carboxylic acids is 1. The fourth-order valence-electron chi connectivity index (χ4n) is 4.75. The number of sulfone groups is 1. The van der Waals surface area contributed by atoms with E-state index < -0.39 is 27.8 Å². The summed E-state index contributed by atoms with van der Waals surface area (Å²) in [6.45, 7) is 18.0. The lowest BCUT2D eigenvalue weighted by Gasteiger charge is -2.19. The largest absolute Gasteiger partial charge is 0.480 e. The summed E-state index contributed by atoms with van der Waals surface area (Å²) < 4.78 is 27.8. The molecule has 9 heteroatoms. The molecule has 274 valence electrons. The van der Waals surface area contributed by atoms with Crippen molar-refractivity contribution in [3.05, 3.63) is 95.1 Å². The predicted octanol–water partition coefficient (Wildman–Crippen LogP) is 8.57. The van der Waals surface area contributed by atoms with E-state index in [1.807, 2.05) is 101 Å². The van der Waals surface area contributed by atoms with Gasteiger partial charge in [-0.3, -0.25) is 9.69 Å². The average molecular weight is 699 g/mol. The van der Waals surface area contributed by atoms with Gasteiger partial charge in [0.05, 0.1) is 12.4 Å². The van der Waals surface area contributed by atoms with E-state index in [1.54, 1.807) is 13.2 Å². The van der Waals surface area contributed by atoms with E-state index in [2.05, 4.69) is 24.1 Å². The number of ether oxygens (including phenoxy) is 1. The zero-order valence-corrected chi connectivity index (χ0v) is 32.2. The highest BCUT2D eigenvalue weighted by Crippen LogP contribution is 2.29. The third-order valence-electron chi connectivity index (χ3n) is 7.40. The van der Waals surface area contributed by atoms with Gasteiger partial charge in [0.25, 0.3) is 5.91 Å². The van der Waals surface area contributed by atoms with Gasteiger partial charge in [0.1, 0.15) is 15.9 Å². The van der Waals surface area contributed by atoms with Crippen LogP contribution < -0.4 is 5.32 Å². The molecule has 1 unspecified atom stereocenters. The highest BCUT2D eigenvalue weighted by Gasteiger charge is 2.24. The topological polar surface area (TPSA) is 113 Å². The molecule has 1 heterocycles. The lowest BCUT2D eigenvalue weighted by molar-refractivity contribution is -0.139. The van der Waals surface area contributed by atoms with E-state index in [0.717, 1.165) is 48.1 Å². The number of nitrogens with one attached hydrogen (secondary N) is 1. The van der Waals surface area contributed by atoms with Crippen molar-refractivity contribution in [2.24, 2.45) is 0 Å². The number of benzene rings is 3. The SMILES string of the molecule is CC.CC.CCCC.COCc1ccccc1.Cc1ccccc1-c1cc(CN2CCCC2)ccc1C(=O)NC(CCS(C)(=O)=O)C(=O)O. The number of methoxy groups -OCH3 is 1. The molecule has 49 heavy (non-hydrogen) atoms. The number of aryl methyl sites for hydroxylation is 1. The predicted molar refractivity (Wildman–Crippen MR) is 205 cm³/mol. The Morgan fingerprint density at radius 3 is 1.94 bits per heavy atom. The number of carbonyl (C=O) groups is 2. The number of aliphatic carboxylic acids is 1. The summed E-state index contributed by atoms with van der Waals surface area (Å²) in [5.41, 5.74) is 5.34. The first-order valence-corrected chi connectivity index (χ1v) is 19.7. The van der Waals surface area contributed by atoms with Crippen LogP contribution in [0.25, 0.3) is 11.1 Å². The minimum absolute atomic E-state index is 0.188. The maximum atomic E-state index is 13.1. The zero-order chi connectivity index (χ0) is 37.2. The highest BCUT2D eigenvalue weighted by molar-refractivity contribution is 7.90. The molecule has 1 saturated heterocycles. The van der Waals surface area contributed by atoms with Crippen LogP contribution in [0.15, 0.2) is 72.8 Å². The fraction of sp³-hybridized carbons (Fsp3) is 0.500. The first-order chi connectivity index (χ1) is 23.5. The van der Waals surface area contributed by atoms with Gasteiger partial charge < -0.3 is 15.2 Å². The van der Waals surface area contributed by atoms with E-state index in [-0.39, 0.29) is 12.2 Å². The molecular weight excluding hydrogens is 637 g/mol. The van der Waals surface area contributed by atoms with Crippen LogP contribution in [-0.2, 0) is 32.5 Å². The quantitative estimate of drug-likeness (QED) is 0.195. The average Bonchev–Trinajstić information content (AvgIpc) is 3.62. The monoisotopic (exact) mass is 698 g/mol. The third kappa shape index (κ3) is 18.7. The van der Waals surface area contributed by atoms with E-state index in [0.29, 0.717) is 12.2 Å². The van der Waals surface area contributed by atoms with Crippen molar-refractivity contribution in [2.45, 2.75) is 99.8 Å². The normalized spacial score (nSPS) is 12.7. The number of carboxylic acid groups (broad SMARTS) is 1. The fourth-order valence-corrected chi connectivity index (χ4v) is 5.41. The molecule has 3 aromatic carbocycles. The smallest absolute Gasteiger partial charge is 0.326 e. The van der Waals surface area contributed by atoms with Gasteiger partial charge in [0.2, 0.25) is 0 Å². The summed E-state index contributed by atoms with van der Waals surface area (Å²) in [4.78, 5) is 27.1. The summed E-state index contributed by atoms with van der Waals surface area (Å²) in [7, 11) is -1.65. The number of hydrogen-bond donors (Lipinski definition) is 2. The van der Waals surface area contributed by atoms with Crippen molar-refractivity contribution >= 4 is 21.7 Å². The molecule has 4 rings (SSSR count). The van der Waals surface area contributed by atoms with Gasteiger partial charge in [-0.25, -0.2) is 13.2 Å². The van der Waals surface area contributed by atoms with E-state index in [9.17, 15) is 23.1 Å². The van der Waals surface area contributed by atoms with Crippen LogP contribution in [0.1, 0.15) is 101 Å². The molecule has 0 aromatic heterocycles. The molecule has 0 radical (unpaired) electrons. The first-order valence-electron chi connectivity index (χ1n) is 17.6. The first kappa shape index (κ1) is 45.5. The number of hydrogen-bond acceptors (Lipinski definition) is 6. The molecule has 1 fully saturated rings. The Bertz CT molecular complexity index is 1440. The second kappa shape index (κ2) is 26.4. The van der Waals surface area contributed by atoms with Crippen molar-refractivity contribution in [3.63, 3.8) is 0 Å². The van der Waals surface area contributed by atoms with Gasteiger partial charge in [0.15, 0.2) is 0 Å². The Hall–Kier alpha value is -3.53. The zero-order valence-electron chi connectivity index (χ0n) is 31.4. The molecule has 3 aromatic rings. The maximum Gasteiger partial charge on any atom is 0.326 e. The lowest BCUT2D eigenvalue weighted by Crippen LogP contribution is -2.42. The van der Waals surface area contributed by atoms with Crippen LogP contribution in [0.3, 0.4) is 0 Å². The van der Waals surface area contributed by atoms with Crippen molar-refractivity contribution in [1.29, 1.82) is 0 Å². The van der Waals surface area contributed by atoms with E-state index >= 15 is 0 Å². The standard InChI is InChI=1S/C24H30N2O5S.C8H10O.C4H10.2C2H6/c1-17-7-3-4-8-19(17)21-15-18(16-26-12-5-6-13-26)9-10-20(21)23(27)25-22(24(28)29)11-14-32(2,30)31;1-9-7-8-5-3-2-4-6-8;1-3-4-2;2*1-2/h3-4,7-10,15,22H,5-6,11-14,16H2,1-2H3,(H,25,27)(H,28,29);2-6H,7H2,1H3;3-4H2,1-2H3;2*1-2H3. The number of likely N-dealkylation sites (tertiary alicyclic amines) is 1. The van der Waals surface area contributed by atoms with E-state index in [1.165, 1.54) is 31.2 Å². The Labute approximate surface area is 297 Å². The summed E-state index contributed by atoms with van der Waals surface area (Å²) in [5.74, 6) is -2.11. The van der Waals surface area contributed by atoms with E-state index in [4.69, 9.17) is 4.74 Å². The number of amides is 1. The minimum Gasteiger partial charge on any atom is -0.480 e. The maximum absolute atomic E-state index is 13.1. The van der Waals surface area contributed by atoms with Gasteiger partial charge in [0, 0.05) is 25.5 Å². The third-order valence-corrected chi connectivity index (χ3v) is 8.38. The Balaban J connectivity index is 0.00000112. The van der Waals surface area contributed by atoms with Gasteiger partial charge in [-0.2, -0.15) is 0 Å². The molecule has 1 aliphatic rings. The van der Waals surface area contributed by atoms with Crippen LogP contribution in [0.4, 0.5) is 0 Å². The molecule has 0 aliphatic carbocycles. The molecule has 0 bridgehead atoms. The summed E-state index contributed by atoms with van der Waals surface area (Å²) >= 11 is 0. The highest BCUT2D eigenvalue weighted by atomic mass is 32.2. The molecule has 0 spiro atoms. The van der Waals surface area contributed by atoms with Gasteiger partial charge in [-0.1, -0.05) is 115 Å². The van der Waals surface area contributed by atoms with Crippen LogP contribution in [-0.4, -0.2) is 68.6 Å². The summed E-state index contributed by atoms with van der Waals surface area (Å²) in [5, 5.41) is 12.0. The summed E-state index contributed by atoms with van der Waals surface area (Å²) in [6.07, 6.45) is 5.88. The summed E-state index contributed by atoms with van der Waals surface area (Å²) in [6, 6.07) is 22.2. The van der Waals surface area contributed by atoms with Crippen LogP contribution in [0.5, 0.6) is 0 Å². The molecule has 8 nitrogen and oxygen atoms in total. The molecule has 1 aliphatic heterocycles. The molecule has 1 atom stereocenters. The van der Waals surface area contributed by atoms with Crippen LogP contribution >= 0.6 is 0 Å². The van der Waals surface area contributed by atoms with Crippen molar-refractivity contribution in [2.75, 3.05) is 32.2 Å². The van der Waals surface area contributed by atoms with Crippen LogP contribution in [0.2, 0.25) is 0 Å². The van der Waals surface area contributed by atoms with Crippen molar-refractivity contribution in [1.82, 2.24) is 10.2 Å². The van der Waals surface area contributed by atoms with Crippen LogP contribution in [0, 0.1) is 6.92 Å². The Kier molecular flexibility index (Phi) is 24.5. The number of carbonyl (C=O) groups excluding carboxylic acids is 1. The number of unbranched alkanes of at least 4 members (excludes halogenated alkanes) is 1. The number of nitrogens with zero attached hydrogens (tertiary/aromatic N) is 1. The Morgan fingerprint density at radius 2 is 1.43 bits per heavy atom. The second-order valence-electron chi connectivity index (χ2n) is 11.4. The minimum atomic E-state index is -3.35. The van der Waals surface area contributed by atoms with Gasteiger partial charge in [-0.05, 0) is 79.2 Å². The van der Waals surface area contributed by atoms with Gasteiger partial charge in [-0.15, -0.1) is 0 Å². The molecular formula is C40H62N2O6S. The number of rotatable bonds is 12.